The number of carbonyl (C=O) groups excluding carboxylic acids is 1. The predicted molar refractivity (Wildman–Crippen MR) is 136 cm³/mol. The zero-order valence-electron chi connectivity index (χ0n) is 19.3. The number of halogens is 1. The van der Waals surface area contributed by atoms with Gasteiger partial charge in [-0.05, 0) is 36.7 Å². The van der Waals surface area contributed by atoms with Gasteiger partial charge in [0.25, 0.3) is 0 Å². The van der Waals surface area contributed by atoms with Crippen LogP contribution in [0.4, 0.5) is 0 Å². The van der Waals surface area contributed by atoms with Gasteiger partial charge >= 0.3 is 0 Å². The van der Waals surface area contributed by atoms with Gasteiger partial charge in [-0.25, -0.2) is 9.97 Å². The second kappa shape index (κ2) is 9.60. The maximum atomic E-state index is 11.4. The Morgan fingerprint density at radius 1 is 1.21 bits per heavy atom. The lowest BCUT2D eigenvalue weighted by Gasteiger charge is -2.16. The van der Waals surface area contributed by atoms with E-state index in [9.17, 15) is 4.79 Å². The van der Waals surface area contributed by atoms with E-state index in [1.165, 1.54) is 0 Å². The number of hydrogen-bond donors (Lipinski definition) is 0. The molecule has 0 saturated carbocycles. The van der Waals surface area contributed by atoms with Gasteiger partial charge in [0.2, 0.25) is 0 Å². The number of aldehydes is 1. The zero-order chi connectivity index (χ0) is 23.6. The quantitative estimate of drug-likeness (QED) is 0.218. The minimum absolute atomic E-state index is 0.193. The van der Waals surface area contributed by atoms with Crippen LogP contribution < -0.4 is 4.84 Å². The van der Waals surface area contributed by atoms with Crippen molar-refractivity contribution >= 4 is 41.3 Å². The van der Waals surface area contributed by atoms with Crippen LogP contribution in [0.25, 0.3) is 22.3 Å². The average molecular weight is 527 g/mol. The van der Waals surface area contributed by atoms with Crippen molar-refractivity contribution in [2.24, 2.45) is 0 Å². The topological polar surface area (TPSA) is 74.8 Å². The number of nitrogens with zero attached hydrogens (tertiary/aromatic N) is 5. The van der Waals surface area contributed by atoms with Gasteiger partial charge in [0.15, 0.2) is 5.65 Å². The number of rotatable bonds is 9. The number of hydrogen-bond acceptors (Lipinski definition) is 5. The van der Waals surface area contributed by atoms with Crippen molar-refractivity contribution in [3.05, 3.63) is 64.8 Å². The molecule has 0 N–H and O–H groups in total. The highest BCUT2D eigenvalue weighted by atomic mass is 79.9. The lowest BCUT2D eigenvalue weighted by molar-refractivity contribution is -0.108. The summed E-state index contributed by atoms with van der Waals surface area (Å²) in [5.41, 5.74) is 3.43. The molecule has 0 aliphatic rings. The Kier molecular flexibility index (Phi) is 6.80. The van der Waals surface area contributed by atoms with E-state index >= 15 is 0 Å². The number of fused-ring (bicyclic) bond motifs is 1. The smallest absolute Gasteiger partial charge is 0.179 e. The molecule has 1 atom stereocenters. The molecule has 7 nitrogen and oxygen atoms in total. The Morgan fingerprint density at radius 2 is 2.03 bits per heavy atom. The van der Waals surface area contributed by atoms with E-state index in [1.807, 2.05) is 54.3 Å². The molecule has 172 valence electrons. The molecule has 0 bridgehead atoms. The van der Waals surface area contributed by atoms with Crippen LogP contribution in [-0.4, -0.2) is 45.4 Å². The van der Waals surface area contributed by atoms with Gasteiger partial charge in [0.1, 0.15) is 18.7 Å². The summed E-state index contributed by atoms with van der Waals surface area (Å²) in [4.78, 5) is 26.8. The highest BCUT2D eigenvalue weighted by Crippen LogP contribution is 2.29. The molecule has 0 aliphatic carbocycles. The molecule has 0 fully saturated rings. The third-order valence-corrected chi connectivity index (χ3v) is 7.65. The summed E-state index contributed by atoms with van der Waals surface area (Å²) < 4.78 is 4.54. The highest BCUT2D eigenvalue weighted by molar-refractivity contribution is 9.10. The van der Waals surface area contributed by atoms with Crippen LogP contribution in [0.2, 0.25) is 25.7 Å². The lowest BCUT2D eigenvalue weighted by Crippen LogP contribution is -2.25. The van der Waals surface area contributed by atoms with Crippen molar-refractivity contribution in [1.29, 1.82) is 0 Å². The van der Waals surface area contributed by atoms with Gasteiger partial charge in [-0.15, -0.1) is 0 Å². The molecule has 3 aromatic heterocycles. The van der Waals surface area contributed by atoms with E-state index in [1.54, 1.807) is 10.9 Å². The summed E-state index contributed by atoms with van der Waals surface area (Å²) in [6.45, 7) is 9.54. The molecule has 4 rings (SSSR count). The van der Waals surface area contributed by atoms with E-state index in [2.05, 4.69) is 45.7 Å². The molecule has 33 heavy (non-hydrogen) atoms. The minimum Gasteiger partial charge on any atom is -0.413 e. The third kappa shape index (κ3) is 5.42. The van der Waals surface area contributed by atoms with E-state index in [0.29, 0.717) is 18.9 Å². The fourth-order valence-electron chi connectivity index (χ4n) is 3.71. The monoisotopic (exact) mass is 525 g/mol. The molecular weight excluding hydrogens is 498 g/mol. The molecule has 1 unspecified atom stereocenters. The molecule has 0 aliphatic heterocycles. The molecule has 0 saturated heterocycles. The maximum Gasteiger partial charge on any atom is 0.179 e. The average Bonchev–Trinajstić information content (AvgIpc) is 3.38. The normalized spacial score (nSPS) is 12.8. The molecule has 0 spiro atoms. The fourth-order valence-corrected chi connectivity index (χ4v) is 4.83. The van der Waals surface area contributed by atoms with E-state index in [-0.39, 0.29) is 6.04 Å². The summed E-state index contributed by atoms with van der Waals surface area (Å²) in [5, 5.41) is 5.49. The first-order valence-electron chi connectivity index (χ1n) is 11.0. The second-order valence-electron chi connectivity index (χ2n) is 9.32. The minimum atomic E-state index is -1.19. The third-order valence-electron chi connectivity index (χ3n) is 5.45. The van der Waals surface area contributed by atoms with Gasteiger partial charge in [-0.2, -0.15) is 9.83 Å². The van der Waals surface area contributed by atoms with Crippen molar-refractivity contribution in [1.82, 2.24) is 24.5 Å². The zero-order valence-corrected chi connectivity index (χ0v) is 21.9. The predicted octanol–water partition coefficient (Wildman–Crippen LogP) is 5.31. The van der Waals surface area contributed by atoms with Crippen LogP contribution in [0, 0.1) is 6.92 Å². The number of aromatic nitrogens is 5. The van der Waals surface area contributed by atoms with Crippen molar-refractivity contribution in [3.63, 3.8) is 0 Å². The van der Waals surface area contributed by atoms with Crippen LogP contribution in [0.5, 0.6) is 0 Å². The van der Waals surface area contributed by atoms with Crippen molar-refractivity contribution < 1.29 is 9.63 Å². The first-order chi connectivity index (χ1) is 15.7. The van der Waals surface area contributed by atoms with E-state index < -0.39 is 8.07 Å². The number of carbonyl (C=O) groups is 1. The standard InChI is InChI=1S/C24H28BrN5O2Si/c1-17-27-23(21-8-10-30(24(21)28-17)32-12-13-33(2,3)4)19-15-26-29(16-19)22(9-11-31)18-6-5-7-20(25)14-18/h5-8,10-11,14-16,22H,9,12-13H2,1-4H3. The van der Waals surface area contributed by atoms with Crippen molar-refractivity contribution in [3.8, 4) is 11.3 Å². The summed E-state index contributed by atoms with van der Waals surface area (Å²) in [5.74, 6) is 0.662. The van der Waals surface area contributed by atoms with Gasteiger partial charge < -0.3 is 9.63 Å². The highest BCUT2D eigenvalue weighted by Gasteiger charge is 2.19. The Balaban J connectivity index is 1.68. The van der Waals surface area contributed by atoms with Crippen LogP contribution in [0.15, 0.2) is 53.4 Å². The molecule has 0 radical (unpaired) electrons. The van der Waals surface area contributed by atoms with Crippen LogP contribution >= 0.6 is 15.9 Å². The van der Waals surface area contributed by atoms with Gasteiger partial charge in [-0.1, -0.05) is 47.7 Å². The molecule has 1 aromatic carbocycles. The van der Waals surface area contributed by atoms with Gasteiger partial charge in [0.05, 0.1) is 17.9 Å². The van der Waals surface area contributed by atoms with Crippen molar-refractivity contribution in [2.75, 3.05) is 6.61 Å². The number of benzene rings is 1. The SMILES string of the molecule is Cc1nc(-c2cnn(C(CC=O)c3cccc(Br)c3)c2)c2ccn(OCC[Si](C)(C)C)c2n1. The van der Waals surface area contributed by atoms with E-state index in [4.69, 9.17) is 9.82 Å². The Bertz CT molecular complexity index is 1280. The molecule has 3 heterocycles. The Morgan fingerprint density at radius 3 is 2.76 bits per heavy atom. The lowest BCUT2D eigenvalue weighted by atomic mass is 10.0. The first-order valence-corrected chi connectivity index (χ1v) is 15.5. The summed E-state index contributed by atoms with van der Waals surface area (Å²) >= 11 is 3.52. The molecular formula is C24H28BrN5O2Si. The van der Waals surface area contributed by atoms with Crippen LogP contribution in [0.3, 0.4) is 0 Å². The van der Waals surface area contributed by atoms with E-state index in [0.717, 1.165) is 44.7 Å². The summed E-state index contributed by atoms with van der Waals surface area (Å²) in [6.07, 6.45) is 6.89. The largest absolute Gasteiger partial charge is 0.413 e. The molecule has 0 amide bonds. The van der Waals surface area contributed by atoms with Crippen LogP contribution in [-0.2, 0) is 4.79 Å². The molecule has 4 aromatic rings. The van der Waals surface area contributed by atoms with Gasteiger partial charge in [-0.3, -0.25) is 4.68 Å². The summed E-state index contributed by atoms with van der Waals surface area (Å²) in [7, 11) is -1.19. The Hall–Kier alpha value is -2.78. The summed E-state index contributed by atoms with van der Waals surface area (Å²) in [6, 6.07) is 10.8. The maximum absolute atomic E-state index is 11.4. The van der Waals surface area contributed by atoms with Crippen molar-refractivity contribution in [2.45, 2.75) is 45.1 Å². The molecule has 9 heteroatoms. The Labute approximate surface area is 202 Å². The van der Waals surface area contributed by atoms with Gasteiger partial charge in [0, 0.05) is 42.3 Å². The fraction of sp³-hybridized carbons (Fsp3) is 0.333. The first kappa shape index (κ1) is 23.4. The number of aryl methyl sites for hydroxylation is 1. The van der Waals surface area contributed by atoms with Crippen LogP contribution in [0.1, 0.15) is 23.9 Å². The second-order valence-corrected chi connectivity index (χ2v) is 15.9.